The maximum atomic E-state index is 13.3. The smallest absolute Gasteiger partial charge is 0.243 e. The van der Waals surface area contributed by atoms with E-state index >= 15 is 0 Å². The van der Waals surface area contributed by atoms with Crippen molar-refractivity contribution in [1.82, 2.24) is 15.4 Å². The van der Waals surface area contributed by atoms with Crippen LogP contribution in [0.4, 0.5) is 4.39 Å². The van der Waals surface area contributed by atoms with E-state index < -0.39 is 0 Å². The van der Waals surface area contributed by atoms with E-state index in [0.717, 1.165) is 36.8 Å². The fourth-order valence-corrected chi connectivity index (χ4v) is 2.94. The van der Waals surface area contributed by atoms with Gasteiger partial charge in [-0.2, -0.15) is 0 Å². The van der Waals surface area contributed by atoms with E-state index in [1.54, 1.807) is 30.0 Å². The summed E-state index contributed by atoms with van der Waals surface area (Å²) in [6, 6.07) is 9.90. The normalized spacial score (nSPS) is 10.8. The second kappa shape index (κ2) is 9.75. The van der Waals surface area contributed by atoms with Crippen molar-refractivity contribution in [3.63, 3.8) is 0 Å². The minimum atomic E-state index is -0.363. The first-order valence-corrected chi connectivity index (χ1v) is 9.26. The Hall–Kier alpha value is -3.06. The Balaban J connectivity index is 1.69. The van der Waals surface area contributed by atoms with Gasteiger partial charge in [-0.1, -0.05) is 12.8 Å². The molecule has 0 saturated heterocycles. The predicted molar refractivity (Wildman–Crippen MR) is 102 cm³/mol. The largest absolute Gasteiger partial charge is 0.440 e. The lowest BCUT2D eigenvalue weighted by Crippen LogP contribution is -2.17. The summed E-state index contributed by atoms with van der Waals surface area (Å²) in [7, 11) is 0. The van der Waals surface area contributed by atoms with Crippen LogP contribution in [0.1, 0.15) is 38.0 Å². The maximum absolute atomic E-state index is 13.3. The van der Waals surface area contributed by atoms with Gasteiger partial charge in [-0.25, -0.2) is 14.9 Å². The van der Waals surface area contributed by atoms with Crippen molar-refractivity contribution in [3.05, 3.63) is 60.5 Å². The number of oxazole rings is 1. The van der Waals surface area contributed by atoms with Crippen LogP contribution < -0.4 is 5.48 Å². The maximum Gasteiger partial charge on any atom is 0.243 e. The monoisotopic (exact) mass is 383 g/mol. The van der Waals surface area contributed by atoms with E-state index in [-0.39, 0.29) is 11.7 Å². The van der Waals surface area contributed by atoms with Crippen LogP contribution in [-0.2, 0) is 11.2 Å². The van der Waals surface area contributed by atoms with Crippen molar-refractivity contribution in [2.75, 3.05) is 0 Å². The number of nitrogens with one attached hydrogen (secondary N) is 1. The van der Waals surface area contributed by atoms with Gasteiger partial charge in [0.15, 0.2) is 11.7 Å². The zero-order chi connectivity index (χ0) is 19.8. The number of carbonyl (C=O) groups excluding carboxylic acids is 1. The molecule has 0 bridgehead atoms. The number of aryl methyl sites for hydroxylation is 1. The van der Waals surface area contributed by atoms with Crippen LogP contribution in [-0.4, -0.2) is 21.1 Å². The second-order valence-electron chi connectivity index (χ2n) is 6.48. The average molecular weight is 383 g/mol. The highest BCUT2D eigenvalue weighted by Crippen LogP contribution is 2.32. The number of hydrogen-bond acceptors (Lipinski definition) is 5. The number of pyridine rings is 1. The number of halogens is 1. The molecule has 3 aromatic rings. The molecule has 146 valence electrons. The minimum absolute atomic E-state index is 0.301. The SMILES string of the molecule is O=C(CCCCCCc1nc(-c2ccc(F)cc2)c(-c2cccnc2)o1)NO. The summed E-state index contributed by atoms with van der Waals surface area (Å²) >= 11 is 0. The van der Waals surface area contributed by atoms with E-state index in [9.17, 15) is 9.18 Å². The Bertz CT molecular complexity index is 895. The van der Waals surface area contributed by atoms with E-state index in [4.69, 9.17) is 9.62 Å². The van der Waals surface area contributed by atoms with Gasteiger partial charge in [0.05, 0.1) is 0 Å². The first-order valence-electron chi connectivity index (χ1n) is 9.26. The van der Waals surface area contributed by atoms with Crippen LogP contribution in [0.3, 0.4) is 0 Å². The van der Waals surface area contributed by atoms with Crippen molar-refractivity contribution in [1.29, 1.82) is 0 Å². The van der Waals surface area contributed by atoms with Crippen LogP contribution in [0.5, 0.6) is 0 Å². The van der Waals surface area contributed by atoms with Gasteiger partial charge in [0.25, 0.3) is 0 Å². The molecule has 6 nitrogen and oxygen atoms in total. The quantitative estimate of drug-likeness (QED) is 0.322. The molecule has 0 aliphatic rings. The summed E-state index contributed by atoms with van der Waals surface area (Å²) in [6.07, 6.45) is 7.79. The highest BCUT2D eigenvalue weighted by Gasteiger charge is 2.17. The van der Waals surface area contributed by atoms with Gasteiger partial charge in [-0.05, 0) is 49.2 Å². The van der Waals surface area contributed by atoms with Gasteiger partial charge < -0.3 is 4.42 Å². The number of benzene rings is 1. The van der Waals surface area contributed by atoms with Crippen molar-refractivity contribution < 1.29 is 18.8 Å². The Morgan fingerprint density at radius 1 is 1.07 bits per heavy atom. The Morgan fingerprint density at radius 3 is 2.57 bits per heavy atom. The molecule has 28 heavy (non-hydrogen) atoms. The fourth-order valence-electron chi connectivity index (χ4n) is 2.94. The lowest BCUT2D eigenvalue weighted by atomic mass is 10.1. The van der Waals surface area contributed by atoms with Crippen LogP contribution in [0, 0.1) is 5.82 Å². The molecule has 0 aliphatic carbocycles. The van der Waals surface area contributed by atoms with Crippen molar-refractivity contribution in [3.8, 4) is 22.6 Å². The van der Waals surface area contributed by atoms with E-state index in [2.05, 4.69) is 9.97 Å². The predicted octanol–water partition coefficient (Wildman–Crippen LogP) is 4.54. The van der Waals surface area contributed by atoms with Gasteiger partial charge in [0.1, 0.15) is 11.5 Å². The fraction of sp³-hybridized carbons (Fsp3) is 0.286. The molecule has 7 heteroatoms. The van der Waals surface area contributed by atoms with E-state index in [1.807, 2.05) is 12.1 Å². The number of unbranched alkanes of at least 4 members (excludes halogenated alkanes) is 3. The first-order chi connectivity index (χ1) is 13.7. The number of hydrogen-bond donors (Lipinski definition) is 2. The van der Waals surface area contributed by atoms with Crippen molar-refractivity contribution in [2.24, 2.45) is 0 Å². The van der Waals surface area contributed by atoms with Crippen LogP contribution >= 0.6 is 0 Å². The summed E-state index contributed by atoms with van der Waals surface area (Å²) in [5, 5.41) is 8.47. The number of nitrogens with zero attached hydrogens (tertiary/aromatic N) is 2. The van der Waals surface area contributed by atoms with E-state index in [1.165, 1.54) is 12.1 Å². The molecular weight excluding hydrogens is 361 g/mol. The molecule has 0 unspecified atom stereocenters. The highest BCUT2D eigenvalue weighted by atomic mass is 19.1. The summed E-state index contributed by atoms with van der Waals surface area (Å²) in [5.41, 5.74) is 3.90. The van der Waals surface area contributed by atoms with Gasteiger partial charge in [-0.15, -0.1) is 0 Å². The number of aromatic nitrogens is 2. The number of amides is 1. The third kappa shape index (κ3) is 5.23. The van der Waals surface area contributed by atoms with Crippen molar-refractivity contribution >= 4 is 5.91 Å². The number of rotatable bonds is 9. The zero-order valence-electron chi connectivity index (χ0n) is 15.4. The van der Waals surface area contributed by atoms with E-state index in [0.29, 0.717) is 30.2 Å². The molecule has 0 aliphatic heterocycles. The molecule has 2 N–H and O–H groups in total. The molecule has 3 rings (SSSR count). The molecule has 0 spiro atoms. The standard InChI is InChI=1S/C21H22FN3O3/c22-17-11-9-15(10-12-17)20-21(16-6-5-13-23-14-16)28-19(24-20)8-4-2-1-3-7-18(26)25-27/h5-6,9-14,27H,1-4,7-8H2,(H,25,26). The molecule has 2 heterocycles. The van der Waals surface area contributed by atoms with Gasteiger partial charge in [0.2, 0.25) is 5.91 Å². The second-order valence-corrected chi connectivity index (χ2v) is 6.48. The first kappa shape index (κ1) is 19.7. The third-order valence-electron chi connectivity index (χ3n) is 4.38. The Morgan fingerprint density at radius 2 is 1.86 bits per heavy atom. The van der Waals surface area contributed by atoms with Crippen LogP contribution in [0.15, 0.2) is 53.2 Å². The number of hydroxylamine groups is 1. The van der Waals surface area contributed by atoms with Gasteiger partial charge >= 0.3 is 0 Å². The molecule has 0 radical (unpaired) electrons. The summed E-state index contributed by atoms with van der Waals surface area (Å²) in [4.78, 5) is 19.8. The molecule has 1 amide bonds. The topological polar surface area (TPSA) is 88.2 Å². The highest BCUT2D eigenvalue weighted by molar-refractivity contribution is 5.76. The molecule has 0 saturated carbocycles. The summed E-state index contributed by atoms with van der Waals surface area (Å²) in [5.74, 6) is 0.573. The third-order valence-corrected chi connectivity index (χ3v) is 4.38. The molecular formula is C21H22FN3O3. The summed E-state index contributed by atoms with van der Waals surface area (Å²) < 4.78 is 19.3. The summed E-state index contributed by atoms with van der Waals surface area (Å²) in [6.45, 7) is 0. The molecule has 0 atom stereocenters. The Kier molecular flexibility index (Phi) is 6.86. The molecule has 0 fully saturated rings. The van der Waals surface area contributed by atoms with Gasteiger partial charge in [-0.3, -0.25) is 15.0 Å². The minimum Gasteiger partial charge on any atom is -0.440 e. The Labute approximate surface area is 162 Å². The zero-order valence-corrected chi connectivity index (χ0v) is 15.4. The van der Waals surface area contributed by atoms with Crippen molar-refractivity contribution in [2.45, 2.75) is 38.5 Å². The molecule has 2 aromatic heterocycles. The lowest BCUT2D eigenvalue weighted by molar-refractivity contribution is -0.129. The van der Waals surface area contributed by atoms with Crippen LogP contribution in [0.2, 0.25) is 0 Å². The van der Waals surface area contributed by atoms with Gasteiger partial charge in [0, 0.05) is 36.4 Å². The van der Waals surface area contributed by atoms with Crippen LogP contribution in [0.25, 0.3) is 22.6 Å². The lowest BCUT2D eigenvalue weighted by Gasteiger charge is -2.01. The average Bonchev–Trinajstić information content (AvgIpc) is 3.15. The number of carbonyl (C=O) groups is 1. The molecule has 1 aromatic carbocycles.